The van der Waals surface area contributed by atoms with Gasteiger partial charge in [-0.1, -0.05) is 18.2 Å². The normalized spacial score (nSPS) is 11.1. The zero-order valence-corrected chi connectivity index (χ0v) is 19.9. The van der Waals surface area contributed by atoms with Crippen LogP contribution in [-0.4, -0.2) is 49.0 Å². The van der Waals surface area contributed by atoms with Crippen molar-refractivity contribution >= 4 is 35.6 Å². The molecule has 0 aliphatic heterocycles. The first-order valence-electron chi connectivity index (χ1n) is 9.89. The lowest BCUT2D eigenvalue weighted by Gasteiger charge is -2.23. The first-order valence-corrected chi connectivity index (χ1v) is 9.89. The van der Waals surface area contributed by atoms with Crippen LogP contribution in [0.1, 0.15) is 31.2 Å². The Labute approximate surface area is 186 Å². The van der Waals surface area contributed by atoms with Crippen LogP contribution in [0.4, 0.5) is 5.69 Å². The summed E-state index contributed by atoms with van der Waals surface area (Å²) in [5.41, 5.74) is 3.58. The summed E-state index contributed by atoms with van der Waals surface area (Å²) < 4.78 is 2.07. The summed E-state index contributed by atoms with van der Waals surface area (Å²) >= 11 is 0. The van der Waals surface area contributed by atoms with E-state index in [1.54, 1.807) is 0 Å². The molecule has 0 saturated carbocycles. The quantitative estimate of drug-likeness (QED) is 0.228. The molecule has 1 aromatic heterocycles. The summed E-state index contributed by atoms with van der Waals surface area (Å²) in [7, 11) is 1.82. The number of aliphatic imine (C=N–C) groups is 1. The van der Waals surface area contributed by atoms with E-state index in [1.807, 2.05) is 14.0 Å². The number of benzene rings is 1. The monoisotopic (exact) mass is 498 g/mol. The highest BCUT2D eigenvalue weighted by atomic mass is 127. The third kappa shape index (κ3) is 8.08. The van der Waals surface area contributed by atoms with Crippen LogP contribution >= 0.6 is 24.0 Å². The molecular weight excluding hydrogens is 463 g/mol. The van der Waals surface area contributed by atoms with Crippen LogP contribution in [0.25, 0.3) is 0 Å². The van der Waals surface area contributed by atoms with Crippen LogP contribution in [0.2, 0.25) is 0 Å². The van der Waals surface area contributed by atoms with Crippen molar-refractivity contribution < 1.29 is 0 Å². The molecule has 0 saturated heterocycles. The topological polar surface area (TPSA) is 57.5 Å². The van der Waals surface area contributed by atoms with Crippen molar-refractivity contribution in [3.63, 3.8) is 0 Å². The van der Waals surface area contributed by atoms with Gasteiger partial charge in [0.2, 0.25) is 0 Å². The van der Waals surface area contributed by atoms with E-state index in [0.717, 1.165) is 57.2 Å². The Balaban J connectivity index is 0.00000392. The molecule has 1 heterocycles. The second-order valence-corrected chi connectivity index (χ2v) is 6.70. The maximum atomic E-state index is 4.50. The van der Waals surface area contributed by atoms with Gasteiger partial charge in [-0.05, 0) is 51.8 Å². The Morgan fingerprint density at radius 1 is 1.11 bits per heavy atom. The van der Waals surface area contributed by atoms with Gasteiger partial charge in [-0.15, -0.1) is 24.0 Å². The molecule has 0 amide bonds. The molecule has 28 heavy (non-hydrogen) atoms. The van der Waals surface area contributed by atoms with E-state index in [2.05, 4.69) is 80.6 Å². The predicted octanol–water partition coefficient (Wildman–Crippen LogP) is 3.59. The molecule has 6 nitrogen and oxygen atoms in total. The van der Waals surface area contributed by atoms with E-state index in [4.69, 9.17) is 0 Å². The highest BCUT2D eigenvalue weighted by Crippen LogP contribution is 2.12. The van der Waals surface area contributed by atoms with E-state index >= 15 is 0 Å². The number of halogens is 1. The Bertz CT molecular complexity index is 698. The fourth-order valence-corrected chi connectivity index (χ4v) is 3.14. The second-order valence-electron chi connectivity index (χ2n) is 6.70. The van der Waals surface area contributed by atoms with Crippen LogP contribution in [0.5, 0.6) is 0 Å². The third-order valence-corrected chi connectivity index (χ3v) is 4.57. The predicted molar refractivity (Wildman–Crippen MR) is 130 cm³/mol. The molecule has 2 aromatic rings. The molecular formula is C21H35IN6. The minimum Gasteiger partial charge on any atom is -0.372 e. The zero-order valence-electron chi connectivity index (χ0n) is 17.6. The summed E-state index contributed by atoms with van der Waals surface area (Å²) in [6.07, 6.45) is 2.08. The van der Waals surface area contributed by atoms with Crippen molar-refractivity contribution in [1.29, 1.82) is 0 Å². The number of para-hydroxylation sites is 1. The average molecular weight is 498 g/mol. The maximum Gasteiger partial charge on any atom is 0.190 e. The molecule has 2 N–H and O–H groups in total. The number of nitrogens with one attached hydrogen (secondary N) is 2. The number of hydrogen-bond acceptors (Lipinski definition) is 3. The number of aromatic nitrogens is 2. The standard InChI is InChI=1S/C21H34N6.HI/c1-5-26(20-11-7-6-8-12-20)15-9-13-23-21(22-4)24-14-10-16-27-19(3)17-18(2)25-27;/h6-8,11-12,17H,5,9-10,13-16H2,1-4H3,(H2,22,23,24);1H. The molecule has 1 aromatic carbocycles. The summed E-state index contributed by atoms with van der Waals surface area (Å²) in [5.74, 6) is 0.867. The van der Waals surface area contributed by atoms with Gasteiger partial charge in [0, 0.05) is 51.2 Å². The van der Waals surface area contributed by atoms with E-state index in [0.29, 0.717) is 0 Å². The lowest BCUT2D eigenvalue weighted by molar-refractivity contribution is 0.555. The van der Waals surface area contributed by atoms with Crippen molar-refractivity contribution in [3.8, 4) is 0 Å². The van der Waals surface area contributed by atoms with Gasteiger partial charge in [-0.2, -0.15) is 5.10 Å². The molecule has 0 bridgehead atoms. The summed E-state index contributed by atoms with van der Waals surface area (Å²) in [6.45, 7) is 11.1. The second kappa shape index (κ2) is 13.4. The third-order valence-electron chi connectivity index (χ3n) is 4.57. The number of aryl methyl sites for hydroxylation is 3. The first kappa shape index (κ1) is 24.3. The minimum atomic E-state index is 0. The average Bonchev–Trinajstić information content (AvgIpc) is 3.01. The van der Waals surface area contributed by atoms with Crippen molar-refractivity contribution in [2.24, 2.45) is 4.99 Å². The van der Waals surface area contributed by atoms with Gasteiger partial charge in [0.1, 0.15) is 0 Å². The summed E-state index contributed by atoms with van der Waals surface area (Å²) in [4.78, 5) is 6.70. The highest BCUT2D eigenvalue weighted by Gasteiger charge is 2.04. The Morgan fingerprint density at radius 2 is 1.79 bits per heavy atom. The lowest BCUT2D eigenvalue weighted by Crippen LogP contribution is -2.39. The number of guanidine groups is 1. The lowest BCUT2D eigenvalue weighted by atomic mass is 10.2. The van der Waals surface area contributed by atoms with Gasteiger partial charge in [0.15, 0.2) is 5.96 Å². The van der Waals surface area contributed by atoms with Crippen molar-refractivity contribution in [3.05, 3.63) is 47.8 Å². The molecule has 0 atom stereocenters. The summed E-state index contributed by atoms with van der Waals surface area (Å²) in [6, 6.07) is 12.7. The molecule has 7 heteroatoms. The van der Waals surface area contributed by atoms with Gasteiger partial charge >= 0.3 is 0 Å². The van der Waals surface area contributed by atoms with Gasteiger partial charge in [0.25, 0.3) is 0 Å². The Hall–Kier alpha value is -1.77. The zero-order chi connectivity index (χ0) is 19.5. The van der Waals surface area contributed by atoms with Crippen molar-refractivity contribution in [2.45, 2.75) is 40.2 Å². The fourth-order valence-electron chi connectivity index (χ4n) is 3.14. The van der Waals surface area contributed by atoms with E-state index < -0.39 is 0 Å². The van der Waals surface area contributed by atoms with Crippen LogP contribution in [0, 0.1) is 13.8 Å². The van der Waals surface area contributed by atoms with E-state index in [9.17, 15) is 0 Å². The first-order chi connectivity index (χ1) is 13.1. The molecule has 156 valence electrons. The van der Waals surface area contributed by atoms with Gasteiger partial charge in [-0.3, -0.25) is 9.67 Å². The molecule has 0 radical (unpaired) electrons. The van der Waals surface area contributed by atoms with Gasteiger partial charge in [-0.25, -0.2) is 0 Å². The number of rotatable bonds is 10. The molecule has 0 unspecified atom stereocenters. The highest BCUT2D eigenvalue weighted by molar-refractivity contribution is 14.0. The summed E-state index contributed by atoms with van der Waals surface area (Å²) in [5, 5.41) is 11.3. The SMILES string of the molecule is CCN(CCCNC(=NC)NCCCn1nc(C)cc1C)c1ccccc1.I. The molecule has 0 fully saturated rings. The van der Waals surface area contributed by atoms with Crippen LogP contribution in [0.15, 0.2) is 41.4 Å². The number of nitrogens with zero attached hydrogens (tertiary/aromatic N) is 4. The number of hydrogen-bond donors (Lipinski definition) is 2. The van der Waals surface area contributed by atoms with Crippen LogP contribution < -0.4 is 15.5 Å². The van der Waals surface area contributed by atoms with Crippen LogP contribution in [-0.2, 0) is 6.54 Å². The molecule has 2 rings (SSSR count). The molecule has 0 aliphatic carbocycles. The van der Waals surface area contributed by atoms with E-state index in [-0.39, 0.29) is 24.0 Å². The Kier molecular flexibility index (Phi) is 11.6. The Morgan fingerprint density at radius 3 is 2.36 bits per heavy atom. The smallest absolute Gasteiger partial charge is 0.190 e. The fraction of sp³-hybridized carbons (Fsp3) is 0.524. The van der Waals surface area contributed by atoms with Crippen molar-refractivity contribution in [2.75, 3.05) is 38.1 Å². The maximum absolute atomic E-state index is 4.50. The number of anilines is 1. The van der Waals surface area contributed by atoms with Gasteiger partial charge < -0.3 is 15.5 Å². The van der Waals surface area contributed by atoms with Crippen molar-refractivity contribution in [1.82, 2.24) is 20.4 Å². The molecule has 0 spiro atoms. The van der Waals surface area contributed by atoms with Crippen LogP contribution in [0.3, 0.4) is 0 Å². The van der Waals surface area contributed by atoms with Gasteiger partial charge in [0.05, 0.1) is 5.69 Å². The molecule has 0 aliphatic rings. The largest absolute Gasteiger partial charge is 0.372 e. The minimum absolute atomic E-state index is 0. The van der Waals surface area contributed by atoms with E-state index in [1.165, 1.54) is 11.4 Å².